The van der Waals surface area contributed by atoms with Crippen molar-refractivity contribution in [2.45, 2.75) is 13.0 Å². The van der Waals surface area contributed by atoms with Crippen molar-refractivity contribution in [1.82, 2.24) is 10.1 Å². The van der Waals surface area contributed by atoms with Crippen molar-refractivity contribution in [1.29, 1.82) is 0 Å². The SMILES string of the molecule is COc1cc(C(=O)N2CCc3noc(-c4ccc(Cl)cc4)c3C2)c([N+](=O)[O-])cc1OC. The van der Waals surface area contributed by atoms with Gasteiger partial charge in [0.2, 0.25) is 0 Å². The lowest BCUT2D eigenvalue weighted by molar-refractivity contribution is -0.385. The number of carbonyl (C=O) groups excluding carboxylic acids is 1. The van der Waals surface area contributed by atoms with Gasteiger partial charge in [0.25, 0.3) is 11.6 Å². The summed E-state index contributed by atoms with van der Waals surface area (Å²) in [5.41, 5.74) is 1.89. The van der Waals surface area contributed by atoms with Crippen LogP contribution in [0.2, 0.25) is 5.02 Å². The highest BCUT2D eigenvalue weighted by atomic mass is 35.5. The summed E-state index contributed by atoms with van der Waals surface area (Å²) in [5, 5.41) is 16.3. The number of nitrogens with zero attached hydrogens (tertiary/aromatic N) is 3. The standard InChI is InChI=1S/C21H18ClN3O6/c1-29-18-9-14(17(25(27)28)10-19(18)30-2)21(26)24-8-7-16-15(11-24)20(31-23-16)12-3-5-13(22)6-4-12/h3-6,9-10H,7-8,11H2,1-2H3. The minimum Gasteiger partial charge on any atom is -0.493 e. The molecule has 0 saturated carbocycles. The highest BCUT2D eigenvalue weighted by molar-refractivity contribution is 6.30. The van der Waals surface area contributed by atoms with Gasteiger partial charge in [-0.25, -0.2) is 0 Å². The number of hydrogen-bond acceptors (Lipinski definition) is 7. The summed E-state index contributed by atoms with van der Waals surface area (Å²) in [5.74, 6) is 0.476. The van der Waals surface area contributed by atoms with Gasteiger partial charge in [0.1, 0.15) is 5.56 Å². The second kappa shape index (κ2) is 8.27. The van der Waals surface area contributed by atoms with Gasteiger partial charge in [0.05, 0.1) is 37.4 Å². The molecular formula is C21H18ClN3O6. The topological polar surface area (TPSA) is 108 Å². The molecule has 1 aliphatic rings. The fourth-order valence-electron chi connectivity index (χ4n) is 3.57. The summed E-state index contributed by atoms with van der Waals surface area (Å²) >= 11 is 5.96. The van der Waals surface area contributed by atoms with Crippen LogP contribution < -0.4 is 9.47 Å². The maximum absolute atomic E-state index is 13.3. The van der Waals surface area contributed by atoms with Crippen LogP contribution in [-0.4, -0.2) is 41.7 Å². The largest absolute Gasteiger partial charge is 0.493 e. The van der Waals surface area contributed by atoms with Crippen molar-refractivity contribution in [3.05, 3.63) is 68.4 Å². The summed E-state index contributed by atoms with van der Waals surface area (Å²) in [6, 6.07) is 9.63. The molecule has 1 aromatic heterocycles. The number of fused-ring (bicyclic) bond motifs is 1. The Morgan fingerprint density at radius 2 is 1.87 bits per heavy atom. The Kier molecular flexibility index (Phi) is 5.51. The molecule has 0 fully saturated rings. The van der Waals surface area contributed by atoms with E-state index in [-0.39, 0.29) is 29.3 Å². The van der Waals surface area contributed by atoms with Gasteiger partial charge in [-0.15, -0.1) is 0 Å². The lowest BCUT2D eigenvalue weighted by Crippen LogP contribution is -2.36. The van der Waals surface area contributed by atoms with Gasteiger partial charge in [-0.1, -0.05) is 16.8 Å². The second-order valence-corrected chi connectivity index (χ2v) is 7.34. The molecule has 9 nitrogen and oxygen atoms in total. The van der Waals surface area contributed by atoms with Gasteiger partial charge in [-0.05, 0) is 24.3 Å². The van der Waals surface area contributed by atoms with Crippen LogP contribution in [0.15, 0.2) is 40.9 Å². The lowest BCUT2D eigenvalue weighted by atomic mass is 10.0. The highest BCUT2D eigenvalue weighted by Crippen LogP contribution is 2.37. The summed E-state index contributed by atoms with van der Waals surface area (Å²) in [6.07, 6.45) is 0.471. The average molecular weight is 444 g/mol. The van der Waals surface area contributed by atoms with Gasteiger partial charge in [0.15, 0.2) is 17.3 Å². The van der Waals surface area contributed by atoms with Crippen LogP contribution in [0.5, 0.6) is 11.5 Å². The monoisotopic (exact) mass is 443 g/mol. The van der Waals surface area contributed by atoms with Crippen LogP contribution in [0.3, 0.4) is 0 Å². The number of carbonyl (C=O) groups is 1. The van der Waals surface area contributed by atoms with Crippen molar-refractivity contribution in [3.8, 4) is 22.8 Å². The van der Waals surface area contributed by atoms with E-state index in [0.29, 0.717) is 23.7 Å². The molecule has 1 amide bonds. The Bertz CT molecular complexity index is 1160. The molecule has 2 heterocycles. The van der Waals surface area contributed by atoms with Gasteiger partial charge < -0.3 is 18.9 Å². The summed E-state index contributed by atoms with van der Waals surface area (Å²) in [4.78, 5) is 25.8. The van der Waals surface area contributed by atoms with E-state index in [1.54, 1.807) is 12.1 Å². The second-order valence-electron chi connectivity index (χ2n) is 6.90. The quantitative estimate of drug-likeness (QED) is 0.431. The Morgan fingerprint density at radius 1 is 1.19 bits per heavy atom. The number of amides is 1. The Labute approximate surface area is 182 Å². The molecule has 1 aliphatic heterocycles. The molecule has 0 saturated heterocycles. The minimum absolute atomic E-state index is 0.0735. The van der Waals surface area contributed by atoms with E-state index >= 15 is 0 Å². The van der Waals surface area contributed by atoms with Crippen LogP contribution in [0, 0.1) is 10.1 Å². The molecule has 0 aliphatic carbocycles. The molecule has 0 spiro atoms. The molecule has 0 N–H and O–H groups in total. The van der Waals surface area contributed by atoms with E-state index in [9.17, 15) is 14.9 Å². The molecule has 160 valence electrons. The first-order chi connectivity index (χ1) is 14.9. The van der Waals surface area contributed by atoms with Crippen molar-refractivity contribution < 1.29 is 23.7 Å². The molecule has 31 heavy (non-hydrogen) atoms. The maximum Gasteiger partial charge on any atom is 0.286 e. The zero-order valence-corrected chi connectivity index (χ0v) is 17.5. The van der Waals surface area contributed by atoms with E-state index in [1.807, 2.05) is 12.1 Å². The normalized spacial score (nSPS) is 12.9. The van der Waals surface area contributed by atoms with E-state index in [0.717, 1.165) is 16.8 Å². The van der Waals surface area contributed by atoms with E-state index in [2.05, 4.69) is 5.16 Å². The van der Waals surface area contributed by atoms with Gasteiger partial charge in [-0.2, -0.15) is 0 Å². The third kappa shape index (κ3) is 3.79. The van der Waals surface area contributed by atoms with Crippen molar-refractivity contribution in [3.63, 3.8) is 0 Å². The van der Waals surface area contributed by atoms with E-state index in [1.165, 1.54) is 31.3 Å². The van der Waals surface area contributed by atoms with Gasteiger partial charge in [0, 0.05) is 35.2 Å². The zero-order valence-electron chi connectivity index (χ0n) is 16.8. The van der Waals surface area contributed by atoms with Crippen LogP contribution in [0.4, 0.5) is 5.69 Å². The third-order valence-corrected chi connectivity index (χ3v) is 5.41. The predicted octanol–water partition coefficient (Wildman–Crippen LogP) is 4.12. The number of ether oxygens (including phenoxy) is 2. The molecule has 10 heteroatoms. The van der Waals surface area contributed by atoms with Gasteiger partial charge in [-0.3, -0.25) is 14.9 Å². The third-order valence-electron chi connectivity index (χ3n) is 5.16. The first-order valence-corrected chi connectivity index (χ1v) is 9.73. The Hall–Kier alpha value is -3.59. The maximum atomic E-state index is 13.3. The number of nitro benzene ring substituents is 1. The lowest BCUT2D eigenvalue weighted by Gasteiger charge is -2.26. The highest BCUT2D eigenvalue weighted by Gasteiger charge is 2.32. The number of benzene rings is 2. The number of rotatable bonds is 5. The Balaban J connectivity index is 1.69. The first kappa shape index (κ1) is 20.7. The molecule has 0 bridgehead atoms. The summed E-state index contributed by atoms with van der Waals surface area (Å²) in [6.45, 7) is 0.561. The smallest absolute Gasteiger partial charge is 0.286 e. The summed E-state index contributed by atoms with van der Waals surface area (Å²) < 4.78 is 15.9. The molecule has 2 aromatic carbocycles. The fraction of sp³-hybridized carbons (Fsp3) is 0.238. The number of nitro groups is 1. The van der Waals surface area contributed by atoms with E-state index < -0.39 is 10.8 Å². The average Bonchev–Trinajstić information content (AvgIpc) is 3.21. The minimum atomic E-state index is -0.608. The van der Waals surface area contributed by atoms with Crippen LogP contribution in [0.25, 0.3) is 11.3 Å². The zero-order chi connectivity index (χ0) is 22.1. The number of aromatic nitrogens is 1. The number of hydrogen-bond donors (Lipinski definition) is 0. The van der Waals surface area contributed by atoms with Crippen molar-refractivity contribution in [2.75, 3.05) is 20.8 Å². The molecule has 0 radical (unpaired) electrons. The molecule has 0 unspecified atom stereocenters. The van der Waals surface area contributed by atoms with Crippen LogP contribution in [-0.2, 0) is 13.0 Å². The van der Waals surface area contributed by atoms with Gasteiger partial charge >= 0.3 is 0 Å². The van der Waals surface area contributed by atoms with Crippen LogP contribution in [0.1, 0.15) is 21.6 Å². The summed E-state index contributed by atoms with van der Waals surface area (Å²) in [7, 11) is 2.78. The first-order valence-electron chi connectivity index (χ1n) is 9.36. The van der Waals surface area contributed by atoms with Crippen molar-refractivity contribution >= 4 is 23.2 Å². The Morgan fingerprint density at radius 3 is 2.52 bits per heavy atom. The van der Waals surface area contributed by atoms with Crippen LogP contribution >= 0.6 is 11.6 Å². The van der Waals surface area contributed by atoms with E-state index in [4.69, 9.17) is 25.6 Å². The predicted molar refractivity (Wildman–Crippen MR) is 112 cm³/mol. The number of methoxy groups -OCH3 is 2. The van der Waals surface area contributed by atoms with Crippen molar-refractivity contribution in [2.24, 2.45) is 0 Å². The molecule has 3 aromatic rings. The molecule has 0 atom stereocenters. The number of halogens is 1. The fourth-order valence-corrected chi connectivity index (χ4v) is 3.70. The molecule has 4 rings (SSSR count). The molecular weight excluding hydrogens is 426 g/mol.